The van der Waals surface area contributed by atoms with Gasteiger partial charge in [-0.05, 0) is 47.0 Å². The fourth-order valence-electron chi connectivity index (χ4n) is 2.37. The largest absolute Gasteiger partial charge is 0.416 e. The van der Waals surface area contributed by atoms with Crippen LogP contribution in [0.15, 0.2) is 22.7 Å². The molecule has 1 heterocycles. The van der Waals surface area contributed by atoms with Gasteiger partial charge in [-0.25, -0.2) is 0 Å². The van der Waals surface area contributed by atoms with Crippen LogP contribution in [0.25, 0.3) is 0 Å². The Kier molecular flexibility index (Phi) is 4.93. The second-order valence-corrected chi connectivity index (χ2v) is 5.75. The maximum atomic E-state index is 12.7. The Morgan fingerprint density at radius 3 is 2.81 bits per heavy atom. The number of halogens is 4. The monoisotopic (exact) mass is 365 g/mol. The van der Waals surface area contributed by atoms with Crippen molar-refractivity contribution >= 4 is 27.5 Å². The molecule has 116 valence electrons. The van der Waals surface area contributed by atoms with E-state index in [9.17, 15) is 18.0 Å². The van der Waals surface area contributed by atoms with Crippen LogP contribution in [-0.2, 0) is 15.7 Å². The minimum Gasteiger partial charge on any atom is -0.377 e. The molecular weight excluding hydrogens is 351 g/mol. The number of amides is 1. The van der Waals surface area contributed by atoms with E-state index in [2.05, 4.69) is 21.2 Å². The van der Waals surface area contributed by atoms with Crippen LogP contribution in [0.2, 0.25) is 0 Å². The van der Waals surface area contributed by atoms with Crippen molar-refractivity contribution in [2.45, 2.75) is 32.0 Å². The Hall–Kier alpha value is -1.08. The Morgan fingerprint density at radius 1 is 1.48 bits per heavy atom. The molecule has 0 spiro atoms. The molecule has 0 bridgehead atoms. The highest BCUT2D eigenvalue weighted by Crippen LogP contribution is 2.34. The first kappa shape index (κ1) is 16.3. The van der Waals surface area contributed by atoms with Crippen LogP contribution in [0.3, 0.4) is 0 Å². The van der Waals surface area contributed by atoms with Crippen LogP contribution >= 0.6 is 15.9 Å². The van der Waals surface area contributed by atoms with Crippen LogP contribution < -0.4 is 5.32 Å². The maximum absolute atomic E-state index is 12.7. The Labute approximate surface area is 129 Å². The lowest BCUT2D eigenvalue weighted by Crippen LogP contribution is -2.29. The number of nitrogens with one attached hydrogen (secondary N) is 1. The molecule has 2 rings (SSSR count). The summed E-state index contributed by atoms with van der Waals surface area (Å²) >= 11 is 3.15. The SMILES string of the molecule is CCC1OCCC1C(=O)Nc1cc(C(F)(F)F)ccc1Br. The number of ether oxygens (including phenoxy) is 1. The molecule has 1 fully saturated rings. The number of benzene rings is 1. The molecule has 2 unspecified atom stereocenters. The first-order valence-electron chi connectivity index (χ1n) is 6.62. The first-order chi connectivity index (χ1) is 9.82. The first-order valence-corrected chi connectivity index (χ1v) is 7.41. The predicted octanol–water partition coefficient (Wildman–Crippen LogP) is 4.22. The molecule has 1 saturated heterocycles. The molecule has 1 aromatic carbocycles. The highest BCUT2D eigenvalue weighted by Gasteiger charge is 2.34. The molecule has 7 heteroatoms. The molecule has 1 aromatic rings. The molecule has 0 aliphatic carbocycles. The van der Waals surface area contributed by atoms with Gasteiger partial charge < -0.3 is 10.1 Å². The number of hydrogen-bond donors (Lipinski definition) is 1. The van der Waals surface area contributed by atoms with E-state index in [1.807, 2.05) is 6.92 Å². The van der Waals surface area contributed by atoms with Gasteiger partial charge in [-0.2, -0.15) is 13.2 Å². The lowest BCUT2D eigenvalue weighted by atomic mass is 9.98. The summed E-state index contributed by atoms with van der Waals surface area (Å²) < 4.78 is 44.0. The zero-order valence-electron chi connectivity index (χ0n) is 11.3. The van der Waals surface area contributed by atoms with Gasteiger partial charge in [-0.3, -0.25) is 4.79 Å². The smallest absolute Gasteiger partial charge is 0.377 e. The van der Waals surface area contributed by atoms with E-state index >= 15 is 0 Å². The van der Waals surface area contributed by atoms with Crippen molar-refractivity contribution in [1.29, 1.82) is 0 Å². The van der Waals surface area contributed by atoms with Gasteiger partial charge in [0.05, 0.1) is 23.3 Å². The third-order valence-corrected chi connectivity index (χ3v) is 4.19. The normalized spacial score (nSPS) is 22.3. The third kappa shape index (κ3) is 3.77. The van der Waals surface area contributed by atoms with Crippen molar-refractivity contribution in [2.75, 3.05) is 11.9 Å². The van der Waals surface area contributed by atoms with Crippen LogP contribution in [0, 0.1) is 5.92 Å². The Balaban J connectivity index is 2.17. The molecule has 1 N–H and O–H groups in total. The molecular formula is C14H15BrF3NO2. The van der Waals surface area contributed by atoms with Crippen molar-refractivity contribution in [1.82, 2.24) is 0 Å². The summed E-state index contributed by atoms with van der Waals surface area (Å²) in [5, 5.41) is 2.56. The van der Waals surface area contributed by atoms with E-state index in [-0.39, 0.29) is 23.6 Å². The summed E-state index contributed by atoms with van der Waals surface area (Å²) in [7, 11) is 0. The van der Waals surface area contributed by atoms with E-state index in [4.69, 9.17) is 4.74 Å². The van der Waals surface area contributed by atoms with Gasteiger partial charge >= 0.3 is 6.18 Å². The van der Waals surface area contributed by atoms with Gasteiger partial charge in [0.2, 0.25) is 5.91 Å². The summed E-state index contributed by atoms with van der Waals surface area (Å²) in [6.45, 7) is 2.41. The van der Waals surface area contributed by atoms with Crippen molar-refractivity contribution in [3.8, 4) is 0 Å². The summed E-state index contributed by atoms with van der Waals surface area (Å²) in [4.78, 5) is 12.2. The van der Waals surface area contributed by atoms with E-state index in [1.165, 1.54) is 6.07 Å². The Morgan fingerprint density at radius 2 is 2.19 bits per heavy atom. The molecule has 2 atom stereocenters. The van der Waals surface area contributed by atoms with Crippen LogP contribution in [0.4, 0.5) is 18.9 Å². The van der Waals surface area contributed by atoms with Gasteiger partial charge in [0.1, 0.15) is 0 Å². The maximum Gasteiger partial charge on any atom is 0.416 e. The fraction of sp³-hybridized carbons (Fsp3) is 0.500. The van der Waals surface area contributed by atoms with Crippen LogP contribution in [0.5, 0.6) is 0 Å². The van der Waals surface area contributed by atoms with Gasteiger partial charge in [0.25, 0.3) is 0 Å². The lowest BCUT2D eigenvalue weighted by molar-refractivity contribution is -0.137. The van der Waals surface area contributed by atoms with Gasteiger partial charge in [0, 0.05) is 11.1 Å². The van der Waals surface area contributed by atoms with Crippen molar-refractivity contribution in [2.24, 2.45) is 5.92 Å². The van der Waals surface area contributed by atoms with Crippen molar-refractivity contribution in [3.05, 3.63) is 28.2 Å². The van der Waals surface area contributed by atoms with Crippen LogP contribution in [-0.4, -0.2) is 18.6 Å². The van der Waals surface area contributed by atoms with E-state index in [1.54, 1.807) is 0 Å². The molecule has 1 amide bonds. The molecule has 0 saturated carbocycles. The predicted molar refractivity (Wildman–Crippen MR) is 75.9 cm³/mol. The highest BCUT2D eigenvalue weighted by molar-refractivity contribution is 9.10. The number of hydrogen-bond acceptors (Lipinski definition) is 2. The lowest BCUT2D eigenvalue weighted by Gasteiger charge is -2.18. The van der Waals surface area contributed by atoms with E-state index in [0.717, 1.165) is 12.1 Å². The Bertz CT molecular complexity index is 533. The van der Waals surface area contributed by atoms with Crippen molar-refractivity contribution in [3.63, 3.8) is 0 Å². The summed E-state index contributed by atoms with van der Waals surface area (Å²) in [6.07, 6.45) is -3.33. The average molecular weight is 366 g/mol. The van der Waals surface area contributed by atoms with E-state index in [0.29, 0.717) is 23.9 Å². The number of anilines is 1. The molecule has 0 radical (unpaired) electrons. The average Bonchev–Trinajstić information content (AvgIpc) is 2.88. The second kappa shape index (κ2) is 6.36. The third-order valence-electron chi connectivity index (χ3n) is 3.50. The zero-order chi connectivity index (χ0) is 15.6. The molecule has 1 aliphatic heterocycles. The second-order valence-electron chi connectivity index (χ2n) is 4.89. The quantitative estimate of drug-likeness (QED) is 0.870. The fourth-order valence-corrected chi connectivity index (χ4v) is 2.72. The van der Waals surface area contributed by atoms with Gasteiger partial charge in [-0.15, -0.1) is 0 Å². The minimum atomic E-state index is -4.44. The van der Waals surface area contributed by atoms with Gasteiger partial charge in [0.15, 0.2) is 0 Å². The van der Waals surface area contributed by atoms with Gasteiger partial charge in [-0.1, -0.05) is 6.92 Å². The summed E-state index contributed by atoms with van der Waals surface area (Å²) in [6, 6.07) is 3.17. The summed E-state index contributed by atoms with van der Waals surface area (Å²) in [5.74, 6) is -0.629. The topological polar surface area (TPSA) is 38.3 Å². The molecule has 21 heavy (non-hydrogen) atoms. The molecule has 3 nitrogen and oxygen atoms in total. The summed E-state index contributed by atoms with van der Waals surface area (Å²) in [5.41, 5.74) is -0.674. The molecule has 1 aliphatic rings. The number of carbonyl (C=O) groups is 1. The molecule has 0 aromatic heterocycles. The minimum absolute atomic E-state index is 0.122. The zero-order valence-corrected chi connectivity index (χ0v) is 12.9. The number of alkyl halides is 3. The standard InChI is InChI=1S/C14H15BrF3NO2/c1-2-12-9(5-6-21-12)13(20)19-11-7-8(14(16,17)18)3-4-10(11)15/h3-4,7,9,12H,2,5-6H2,1H3,(H,19,20). The van der Waals surface area contributed by atoms with Crippen molar-refractivity contribution < 1.29 is 22.7 Å². The number of carbonyl (C=O) groups excluding carboxylic acids is 1. The highest BCUT2D eigenvalue weighted by atomic mass is 79.9. The van der Waals surface area contributed by atoms with E-state index < -0.39 is 11.7 Å². The number of rotatable bonds is 3. The van der Waals surface area contributed by atoms with Crippen LogP contribution in [0.1, 0.15) is 25.3 Å².